The van der Waals surface area contributed by atoms with Gasteiger partial charge in [-0.3, -0.25) is 4.68 Å². The van der Waals surface area contributed by atoms with E-state index in [4.69, 9.17) is 4.74 Å². The molecule has 0 spiro atoms. The lowest BCUT2D eigenvalue weighted by atomic mass is 10.2. The highest BCUT2D eigenvalue weighted by Gasteiger charge is 2.15. The first-order valence-corrected chi connectivity index (χ1v) is 7.33. The molecule has 1 aromatic heterocycles. The number of hydrogen-bond acceptors (Lipinski definition) is 3. The van der Waals surface area contributed by atoms with Crippen LogP contribution >= 0.6 is 15.9 Å². The van der Waals surface area contributed by atoms with Crippen molar-refractivity contribution in [3.8, 4) is 0 Å². The summed E-state index contributed by atoms with van der Waals surface area (Å²) in [6.07, 6.45) is 1.13. The van der Waals surface area contributed by atoms with Crippen LogP contribution in [0.4, 0.5) is 9.18 Å². The van der Waals surface area contributed by atoms with Gasteiger partial charge < -0.3 is 10.1 Å². The Morgan fingerprint density at radius 3 is 2.86 bits per heavy atom. The molecule has 2 aromatic rings. The standard InChI is InChI=1S/C14H17BrFN3O2/c1-14(2,3)21-13(20)17-4-5-19-12-7-10(15)11(16)6-9(12)8-18-19/h6-8H,4-5H2,1-3H3,(H,17,20). The fraction of sp³-hybridized carbons (Fsp3) is 0.429. The van der Waals surface area contributed by atoms with Crippen LogP contribution in [-0.4, -0.2) is 28.0 Å². The Morgan fingerprint density at radius 2 is 2.19 bits per heavy atom. The van der Waals surface area contributed by atoms with Crippen LogP contribution in [0.15, 0.2) is 22.8 Å². The van der Waals surface area contributed by atoms with Gasteiger partial charge in [0.25, 0.3) is 0 Å². The summed E-state index contributed by atoms with van der Waals surface area (Å²) in [6.45, 7) is 6.26. The predicted octanol–water partition coefficient (Wildman–Crippen LogP) is 3.46. The summed E-state index contributed by atoms with van der Waals surface area (Å²) in [5, 5.41) is 7.56. The molecule has 0 aliphatic carbocycles. The third kappa shape index (κ3) is 4.17. The SMILES string of the molecule is CC(C)(C)OC(=O)NCCn1ncc2cc(F)c(Br)cc21. The van der Waals surface area contributed by atoms with E-state index in [-0.39, 0.29) is 5.82 Å². The fourth-order valence-corrected chi connectivity index (χ4v) is 2.16. The largest absolute Gasteiger partial charge is 0.444 e. The normalized spacial score (nSPS) is 11.7. The molecule has 0 radical (unpaired) electrons. The Bertz CT molecular complexity index is 664. The molecule has 5 nitrogen and oxygen atoms in total. The molecule has 7 heteroatoms. The van der Waals surface area contributed by atoms with Crippen LogP contribution in [0.1, 0.15) is 20.8 Å². The van der Waals surface area contributed by atoms with Gasteiger partial charge >= 0.3 is 6.09 Å². The summed E-state index contributed by atoms with van der Waals surface area (Å²) >= 11 is 3.15. The average Bonchev–Trinajstić information content (AvgIpc) is 2.70. The van der Waals surface area contributed by atoms with Crippen LogP contribution < -0.4 is 5.32 Å². The summed E-state index contributed by atoms with van der Waals surface area (Å²) in [6, 6.07) is 3.09. The molecule has 1 N–H and O–H groups in total. The lowest BCUT2D eigenvalue weighted by molar-refractivity contribution is 0.0526. The van der Waals surface area contributed by atoms with E-state index in [0.717, 1.165) is 5.52 Å². The number of alkyl carbamates (subject to hydrolysis) is 1. The number of halogens is 2. The number of nitrogens with zero attached hydrogens (tertiary/aromatic N) is 2. The molecular formula is C14H17BrFN3O2. The third-order valence-corrected chi connectivity index (χ3v) is 3.28. The third-order valence-electron chi connectivity index (χ3n) is 2.68. The van der Waals surface area contributed by atoms with Crippen molar-refractivity contribution >= 4 is 32.9 Å². The van der Waals surface area contributed by atoms with Crippen LogP contribution in [0.25, 0.3) is 10.9 Å². The van der Waals surface area contributed by atoms with Crippen molar-refractivity contribution in [1.82, 2.24) is 15.1 Å². The zero-order chi connectivity index (χ0) is 15.6. The summed E-state index contributed by atoms with van der Waals surface area (Å²) in [5.74, 6) is -0.325. The van der Waals surface area contributed by atoms with E-state index in [0.29, 0.717) is 22.9 Å². The first-order chi connectivity index (χ1) is 9.76. The molecule has 2 rings (SSSR count). The van der Waals surface area contributed by atoms with Crippen molar-refractivity contribution in [2.45, 2.75) is 32.9 Å². The summed E-state index contributed by atoms with van der Waals surface area (Å²) in [5.41, 5.74) is 0.277. The van der Waals surface area contributed by atoms with Gasteiger partial charge in [-0.2, -0.15) is 5.10 Å². The van der Waals surface area contributed by atoms with E-state index >= 15 is 0 Å². The Labute approximate surface area is 130 Å². The van der Waals surface area contributed by atoms with E-state index in [1.807, 2.05) is 0 Å². The molecule has 0 unspecified atom stereocenters. The number of aromatic nitrogens is 2. The molecule has 0 atom stereocenters. The van der Waals surface area contributed by atoms with E-state index in [1.54, 1.807) is 37.7 Å². The molecule has 0 aliphatic heterocycles. The highest BCUT2D eigenvalue weighted by Crippen LogP contribution is 2.23. The molecule has 114 valence electrons. The highest BCUT2D eigenvalue weighted by atomic mass is 79.9. The molecule has 1 heterocycles. The Hall–Kier alpha value is -1.63. The average molecular weight is 358 g/mol. The number of nitrogens with one attached hydrogen (secondary N) is 1. The molecular weight excluding hydrogens is 341 g/mol. The predicted molar refractivity (Wildman–Crippen MR) is 81.6 cm³/mol. The van der Waals surface area contributed by atoms with Crippen molar-refractivity contribution in [3.63, 3.8) is 0 Å². The molecule has 0 aliphatic rings. The second-order valence-corrected chi connectivity index (χ2v) is 6.48. The second kappa shape index (κ2) is 6.01. The van der Waals surface area contributed by atoms with Crippen molar-refractivity contribution in [2.24, 2.45) is 0 Å². The van der Waals surface area contributed by atoms with Crippen molar-refractivity contribution in [3.05, 3.63) is 28.6 Å². The van der Waals surface area contributed by atoms with Crippen LogP contribution in [-0.2, 0) is 11.3 Å². The number of carbonyl (C=O) groups is 1. The summed E-state index contributed by atoms with van der Waals surface area (Å²) in [4.78, 5) is 11.5. The first-order valence-electron chi connectivity index (χ1n) is 6.54. The summed E-state index contributed by atoms with van der Waals surface area (Å²) in [7, 11) is 0. The minimum atomic E-state index is -0.523. The van der Waals surface area contributed by atoms with E-state index in [1.165, 1.54) is 6.07 Å². The van der Waals surface area contributed by atoms with Crippen LogP contribution in [0.2, 0.25) is 0 Å². The smallest absolute Gasteiger partial charge is 0.407 e. The molecule has 0 saturated heterocycles. The molecule has 1 aromatic carbocycles. The Kier molecular flexibility index (Phi) is 4.51. The van der Waals surface area contributed by atoms with E-state index in [9.17, 15) is 9.18 Å². The van der Waals surface area contributed by atoms with Gasteiger partial charge in [0.2, 0.25) is 0 Å². The van der Waals surface area contributed by atoms with Gasteiger partial charge in [0.15, 0.2) is 0 Å². The number of benzene rings is 1. The van der Waals surface area contributed by atoms with E-state index in [2.05, 4.69) is 26.3 Å². The summed E-state index contributed by atoms with van der Waals surface area (Å²) < 4.78 is 20.6. The maximum atomic E-state index is 13.4. The number of fused-ring (bicyclic) bond motifs is 1. The molecule has 1 amide bonds. The zero-order valence-electron chi connectivity index (χ0n) is 12.1. The van der Waals surface area contributed by atoms with Gasteiger partial charge in [-0.25, -0.2) is 9.18 Å². The lowest BCUT2D eigenvalue weighted by Crippen LogP contribution is -2.34. The maximum absolute atomic E-state index is 13.4. The molecule has 0 saturated carbocycles. The molecule has 0 bridgehead atoms. The quantitative estimate of drug-likeness (QED) is 0.914. The monoisotopic (exact) mass is 357 g/mol. The van der Waals surface area contributed by atoms with Gasteiger partial charge in [-0.1, -0.05) is 0 Å². The lowest BCUT2D eigenvalue weighted by Gasteiger charge is -2.19. The second-order valence-electron chi connectivity index (χ2n) is 5.62. The number of hydrogen-bond donors (Lipinski definition) is 1. The fourth-order valence-electron chi connectivity index (χ4n) is 1.83. The van der Waals surface area contributed by atoms with Gasteiger partial charge in [0.05, 0.1) is 22.7 Å². The van der Waals surface area contributed by atoms with Gasteiger partial charge in [-0.15, -0.1) is 0 Å². The van der Waals surface area contributed by atoms with Crippen LogP contribution in [0.5, 0.6) is 0 Å². The van der Waals surface area contributed by atoms with Crippen molar-refractivity contribution < 1.29 is 13.9 Å². The number of rotatable bonds is 3. The van der Waals surface area contributed by atoms with Crippen molar-refractivity contribution in [1.29, 1.82) is 0 Å². The first kappa shape index (κ1) is 15.8. The number of ether oxygens (including phenoxy) is 1. The van der Waals surface area contributed by atoms with Gasteiger partial charge in [0.1, 0.15) is 11.4 Å². The minimum absolute atomic E-state index is 0.325. The maximum Gasteiger partial charge on any atom is 0.407 e. The topological polar surface area (TPSA) is 56.1 Å². The molecule has 21 heavy (non-hydrogen) atoms. The molecule has 0 fully saturated rings. The van der Waals surface area contributed by atoms with Gasteiger partial charge in [0, 0.05) is 11.9 Å². The number of carbonyl (C=O) groups excluding carboxylic acids is 1. The highest BCUT2D eigenvalue weighted by molar-refractivity contribution is 9.10. The number of amides is 1. The van der Waals surface area contributed by atoms with E-state index < -0.39 is 11.7 Å². The van der Waals surface area contributed by atoms with Crippen LogP contribution in [0.3, 0.4) is 0 Å². The minimum Gasteiger partial charge on any atom is -0.444 e. The zero-order valence-corrected chi connectivity index (χ0v) is 13.7. The van der Waals surface area contributed by atoms with Crippen molar-refractivity contribution in [2.75, 3.05) is 6.54 Å². The van der Waals surface area contributed by atoms with Gasteiger partial charge in [-0.05, 0) is 48.8 Å². The Balaban J connectivity index is 1.98. The Morgan fingerprint density at radius 1 is 1.48 bits per heavy atom. The van der Waals surface area contributed by atoms with Crippen LogP contribution in [0, 0.1) is 5.82 Å².